The van der Waals surface area contributed by atoms with Crippen molar-refractivity contribution in [1.29, 1.82) is 0 Å². The maximum absolute atomic E-state index is 12.6. The lowest BCUT2D eigenvalue weighted by Crippen LogP contribution is -2.39. The summed E-state index contributed by atoms with van der Waals surface area (Å²) in [5.41, 5.74) is 10.1. The van der Waals surface area contributed by atoms with Crippen LogP contribution in [0.15, 0.2) is 39.6 Å². The van der Waals surface area contributed by atoms with E-state index in [1.165, 1.54) is 0 Å². The fraction of sp³-hybridized carbons (Fsp3) is 0.333. The van der Waals surface area contributed by atoms with Gasteiger partial charge in [-0.25, -0.2) is 5.10 Å². The molecule has 5 rings (SSSR count). The Morgan fingerprint density at radius 3 is 2.70 bits per heavy atom. The van der Waals surface area contributed by atoms with Gasteiger partial charge in [0.1, 0.15) is 11.3 Å². The summed E-state index contributed by atoms with van der Waals surface area (Å²) in [6.07, 6.45) is 1.37. The van der Waals surface area contributed by atoms with Gasteiger partial charge in [-0.15, -0.1) is 0 Å². The summed E-state index contributed by atoms with van der Waals surface area (Å²) < 4.78 is 8.14. The number of nitrogen functional groups attached to an aromatic ring is 1. The molecule has 1 fully saturated rings. The van der Waals surface area contributed by atoms with Crippen molar-refractivity contribution in [3.63, 3.8) is 0 Å². The number of likely N-dealkylation sites (tertiary alicyclic amines) is 1. The largest absolute Gasteiger partial charge is 0.454 e. The van der Waals surface area contributed by atoms with Gasteiger partial charge in [0.05, 0.1) is 11.4 Å². The smallest absolute Gasteiger partial charge is 0.292 e. The number of fused-ring (bicyclic) bond motifs is 2. The van der Waals surface area contributed by atoms with Crippen molar-refractivity contribution < 1.29 is 9.21 Å². The minimum atomic E-state index is -0.404. The van der Waals surface area contributed by atoms with Crippen LogP contribution >= 0.6 is 0 Å². The Labute approximate surface area is 189 Å². The van der Waals surface area contributed by atoms with Crippen molar-refractivity contribution in [1.82, 2.24) is 24.9 Å². The van der Waals surface area contributed by atoms with E-state index in [4.69, 9.17) is 10.2 Å². The lowest BCUT2D eigenvalue weighted by atomic mass is 10.0. The topological polar surface area (TPSA) is 123 Å². The zero-order chi connectivity index (χ0) is 23.4. The summed E-state index contributed by atoms with van der Waals surface area (Å²) >= 11 is 0. The summed E-state index contributed by atoms with van der Waals surface area (Å²) in [5.74, 6) is 0.780. The first-order valence-electron chi connectivity index (χ1n) is 11.0. The predicted molar refractivity (Wildman–Crippen MR) is 127 cm³/mol. The van der Waals surface area contributed by atoms with Crippen LogP contribution in [0.1, 0.15) is 36.9 Å². The molecule has 4 aromatic rings. The van der Waals surface area contributed by atoms with Gasteiger partial charge in [-0.1, -0.05) is 18.2 Å². The second-order valence-electron chi connectivity index (χ2n) is 8.81. The zero-order valence-electron chi connectivity index (χ0n) is 18.9. The standard InChI is InChI=1S/C24H26N6O3/c1-12(2)24(32)29-9-7-15(8-10-29)30-20(18-19(28-30)23(31)27-26-22(18)25)21-14(4)16-11-13(3)5-6-17(16)33-21/h5-6,11,15H,1,7-10H2,2-4H3,(H2,25,26)(H,27,31). The SMILES string of the molecule is C=C(C)C(=O)N1CCC(n2nc3c(=O)[nH]nc(N)c3c2-c2oc3ccc(C)cc3c2C)CC1. The summed E-state index contributed by atoms with van der Waals surface area (Å²) in [5, 5.41) is 12.6. The van der Waals surface area contributed by atoms with Gasteiger partial charge in [-0.05, 0) is 45.7 Å². The fourth-order valence-corrected chi connectivity index (χ4v) is 4.68. The Kier molecular flexibility index (Phi) is 4.84. The van der Waals surface area contributed by atoms with Gasteiger partial charge >= 0.3 is 0 Å². The Hall–Kier alpha value is -3.88. The van der Waals surface area contributed by atoms with Gasteiger partial charge in [0, 0.05) is 29.6 Å². The van der Waals surface area contributed by atoms with E-state index in [9.17, 15) is 9.59 Å². The van der Waals surface area contributed by atoms with Crippen LogP contribution in [0, 0.1) is 13.8 Å². The number of H-pyrrole nitrogens is 1. The summed E-state index contributed by atoms with van der Waals surface area (Å²) in [7, 11) is 0. The Balaban J connectivity index is 1.68. The van der Waals surface area contributed by atoms with Crippen LogP contribution in [-0.4, -0.2) is 43.9 Å². The van der Waals surface area contributed by atoms with E-state index in [2.05, 4.69) is 27.9 Å². The number of furan rings is 1. The van der Waals surface area contributed by atoms with Crippen molar-refractivity contribution in [2.75, 3.05) is 18.8 Å². The number of hydrogen-bond acceptors (Lipinski definition) is 6. The molecule has 3 N–H and O–H groups in total. The van der Waals surface area contributed by atoms with Crippen LogP contribution in [0.5, 0.6) is 0 Å². The number of carbonyl (C=O) groups excluding carboxylic acids is 1. The summed E-state index contributed by atoms with van der Waals surface area (Å²) in [6.45, 7) is 10.7. The molecule has 33 heavy (non-hydrogen) atoms. The molecule has 1 aliphatic rings. The Morgan fingerprint density at radius 1 is 1.27 bits per heavy atom. The molecule has 3 aromatic heterocycles. The highest BCUT2D eigenvalue weighted by Crippen LogP contribution is 2.40. The molecule has 0 atom stereocenters. The average molecular weight is 447 g/mol. The molecule has 0 saturated carbocycles. The average Bonchev–Trinajstić information content (AvgIpc) is 3.35. The van der Waals surface area contributed by atoms with Gasteiger partial charge in [0.15, 0.2) is 17.1 Å². The second-order valence-corrected chi connectivity index (χ2v) is 8.81. The molecular weight excluding hydrogens is 420 g/mol. The van der Waals surface area contributed by atoms with Crippen LogP contribution < -0.4 is 11.3 Å². The Bertz CT molecular complexity index is 1480. The number of piperidine rings is 1. The number of benzene rings is 1. The first-order chi connectivity index (χ1) is 15.8. The third kappa shape index (κ3) is 3.31. The van der Waals surface area contributed by atoms with Crippen LogP contribution in [0.3, 0.4) is 0 Å². The fourth-order valence-electron chi connectivity index (χ4n) is 4.68. The minimum absolute atomic E-state index is 0.0327. The molecule has 9 nitrogen and oxygen atoms in total. The van der Waals surface area contributed by atoms with Crippen molar-refractivity contribution in [2.45, 2.75) is 39.7 Å². The van der Waals surface area contributed by atoms with E-state index in [1.54, 1.807) is 11.8 Å². The first-order valence-corrected chi connectivity index (χ1v) is 11.0. The van der Waals surface area contributed by atoms with Gasteiger partial charge < -0.3 is 15.1 Å². The molecule has 1 amide bonds. The summed E-state index contributed by atoms with van der Waals surface area (Å²) in [6, 6.07) is 5.99. The first kappa shape index (κ1) is 21.0. The molecule has 0 spiro atoms. The predicted octanol–water partition coefficient (Wildman–Crippen LogP) is 3.47. The highest BCUT2D eigenvalue weighted by molar-refractivity contribution is 6.01. The van der Waals surface area contributed by atoms with Crippen molar-refractivity contribution in [3.8, 4) is 11.5 Å². The molecule has 0 bridgehead atoms. The molecule has 4 heterocycles. The number of aryl methyl sites for hydroxylation is 2. The van der Waals surface area contributed by atoms with Crippen LogP contribution in [0.25, 0.3) is 33.3 Å². The number of aromatic amines is 1. The highest BCUT2D eigenvalue weighted by Gasteiger charge is 2.31. The lowest BCUT2D eigenvalue weighted by molar-refractivity contribution is -0.128. The van der Waals surface area contributed by atoms with Gasteiger partial charge in [0.25, 0.3) is 5.56 Å². The van der Waals surface area contributed by atoms with Crippen molar-refractivity contribution in [2.24, 2.45) is 0 Å². The minimum Gasteiger partial charge on any atom is -0.454 e. The second kappa shape index (κ2) is 7.61. The maximum atomic E-state index is 12.6. The molecule has 1 aliphatic heterocycles. The van der Waals surface area contributed by atoms with E-state index in [0.717, 1.165) is 22.1 Å². The molecule has 1 saturated heterocycles. The van der Waals surface area contributed by atoms with Crippen molar-refractivity contribution >= 4 is 33.6 Å². The number of carbonyl (C=O) groups is 1. The molecule has 0 unspecified atom stereocenters. The lowest BCUT2D eigenvalue weighted by Gasteiger charge is -2.32. The van der Waals surface area contributed by atoms with Crippen molar-refractivity contribution in [3.05, 3.63) is 51.8 Å². The Morgan fingerprint density at radius 2 is 2.00 bits per heavy atom. The van der Waals surface area contributed by atoms with Crippen LogP contribution in [0.4, 0.5) is 5.82 Å². The van der Waals surface area contributed by atoms with Gasteiger partial charge in [-0.3, -0.25) is 14.3 Å². The van der Waals surface area contributed by atoms with E-state index < -0.39 is 5.56 Å². The maximum Gasteiger partial charge on any atom is 0.292 e. The molecule has 9 heteroatoms. The van der Waals surface area contributed by atoms with E-state index in [-0.39, 0.29) is 23.3 Å². The molecule has 1 aromatic carbocycles. The molecular formula is C24H26N6O3. The molecule has 0 radical (unpaired) electrons. The number of aromatic nitrogens is 4. The number of amides is 1. The number of rotatable bonds is 3. The summed E-state index contributed by atoms with van der Waals surface area (Å²) in [4.78, 5) is 26.7. The number of hydrogen-bond donors (Lipinski definition) is 2. The number of nitrogens with zero attached hydrogens (tertiary/aromatic N) is 4. The normalized spacial score (nSPS) is 14.9. The third-order valence-electron chi connectivity index (χ3n) is 6.43. The third-order valence-corrected chi connectivity index (χ3v) is 6.43. The van der Waals surface area contributed by atoms with Gasteiger partial charge in [-0.2, -0.15) is 10.2 Å². The zero-order valence-corrected chi connectivity index (χ0v) is 18.9. The van der Waals surface area contributed by atoms with Gasteiger partial charge in [0.2, 0.25) is 5.91 Å². The number of anilines is 1. The monoisotopic (exact) mass is 446 g/mol. The van der Waals surface area contributed by atoms with Crippen LogP contribution in [-0.2, 0) is 4.79 Å². The molecule has 170 valence electrons. The number of nitrogens with two attached hydrogens (primary N) is 1. The quantitative estimate of drug-likeness (QED) is 0.465. The van der Waals surface area contributed by atoms with Crippen LogP contribution in [0.2, 0.25) is 0 Å². The van der Waals surface area contributed by atoms with E-state index in [0.29, 0.717) is 48.3 Å². The molecule has 0 aliphatic carbocycles. The van der Waals surface area contributed by atoms with E-state index >= 15 is 0 Å². The highest BCUT2D eigenvalue weighted by atomic mass is 16.3. The van der Waals surface area contributed by atoms with E-state index in [1.807, 2.05) is 30.7 Å². The number of nitrogens with one attached hydrogen (secondary N) is 1.